The molecule has 0 aliphatic carbocycles. The number of hydrogen-bond donors (Lipinski definition) is 1. The van der Waals surface area contributed by atoms with Gasteiger partial charge in [-0.15, -0.1) is 11.8 Å². The standard InChI is InChI=1S/C11H15N5S/c1-8-9(6-16(2)15-8)5-12-10-4-11(17-3)14-7-13-10/h4,6-7H,5H2,1-3H3,(H,12,13,14). The van der Waals surface area contributed by atoms with Crippen molar-refractivity contribution < 1.29 is 0 Å². The van der Waals surface area contributed by atoms with Crippen LogP contribution in [-0.2, 0) is 13.6 Å². The number of hydrogen-bond acceptors (Lipinski definition) is 5. The Morgan fingerprint density at radius 3 is 2.88 bits per heavy atom. The van der Waals surface area contributed by atoms with Crippen molar-refractivity contribution in [3.05, 3.63) is 29.8 Å². The summed E-state index contributed by atoms with van der Waals surface area (Å²) in [5.41, 5.74) is 2.22. The molecule has 0 atom stereocenters. The first-order chi connectivity index (χ1) is 8.19. The lowest BCUT2D eigenvalue weighted by molar-refractivity contribution is 0.756. The van der Waals surface area contributed by atoms with E-state index in [2.05, 4.69) is 20.4 Å². The van der Waals surface area contributed by atoms with Crippen LogP contribution in [0.15, 0.2) is 23.6 Å². The summed E-state index contributed by atoms with van der Waals surface area (Å²) in [4.78, 5) is 8.31. The quantitative estimate of drug-likeness (QED) is 0.662. The van der Waals surface area contributed by atoms with Crippen molar-refractivity contribution in [2.75, 3.05) is 11.6 Å². The van der Waals surface area contributed by atoms with Gasteiger partial charge in [0.2, 0.25) is 0 Å². The third-order valence-electron chi connectivity index (χ3n) is 2.43. The van der Waals surface area contributed by atoms with E-state index >= 15 is 0 Å². The van der Waals surface area contributed by atoms with Crippen LogP contribution in [-0.4, -0.2) is 26.0 Å². The molecule has 0 saturated heterocycles. The van der Waals surface area contributed by atoms with Crippen LogP contribution in [0.5, 0.6) is 0 Å². The fourth-order valence-corrected chi connectivity index (χ4v) is 1.94. The normalized spacial score (nSPS) is 10.5. The Morgan fingerprint density at radius 1 is 1.41 bits per heavy atom. The maximum Gasteiger partial charge on any atom is 0.130 e. The summed E-state index contributed by atoms with van der Waals surface area (Å²) < 4.78 is 1.82. The van der Waals surface area contributed by atoms with Crippen molar-refractivity contribution in [1.29, 1.82) is 0 Å². The smallest absolute Gasteiger partial charge is 0.130 e. The zero-order valence-electron chi connectivity index (χ0n) is 10.1. The molecule has 0 aliphatic rings. The van der Waals surface area contributed by atoms with Crippen molar-refractivity contribution in [3.63, 3.8) is 0 Å². The summed E-state index contributed by atoms with van der Waals surface area (Å²) in [6, 6.07) is 1.94. The molecule has 2 aromatic rings. The maximum atomic E-state index is 4.30. The van der Waals surface area contributed by atoms with Crippen molar-refractivity contribution in [3.8, 4) is 0 Å². The van der Waals surface area contributed by atoms with Crippen LogP contribution < -0.4 is 5.32 Å². The van der Waals surface area contributed by atoms with Gasteiger partial charge in [-0.25, -0.2) is 9.97 Å². The Morgan fingerprint density at radius 2 is 2.24 bits per heavy atom. The Hall–Kier alpha value is -1.56. The van der Waals surface area contributed by atoms with Gasteiger partial charge in [-0.2, -0.15) is 5.10 Å². The average molecular weight is 249 g/mol. The predicted molar refractivity (Wildman–Crippen MR) is 69.1 cm³/mol. The molecule has 0 amide bonds. The molecule has 2 rings (SSSR count). The van der Waals surface area contributed by atoms with E-state index in [0.717, 1.165) is 23.1 Å². The van der Waals surface area contributed by atoms with E-state index in [4.69, 9.17) is 0 Å². The molecule has 0 unspecified atom stereocenters. The molecule has 0 aromatic carbocycles. The molecule has 0 aliphatic heterocycles. The minimum Gasteiger partial charge on any atom is -0.366 e. The van der Waals surface area contributed by atoms with Gasteiger partial charge in [-0.1, -0.05) is 0 Å². The van der Waals surface area contributed by atoms with Crippen LogP contribution in [0, 0.1) is 6.92 Å². The summed E-state index contributed by atoms with van der Waals surface area (Å²) in [6.45, 7) is 2.73. The number of aromatic nitrogens is 4. The molecule has 0 bridgehead atoms. The number of rotatable bonds is 4. The topological polar surface area (TPSA) is 55.6 Å². The minimum absolute atomic E-state index is 0.727. The van der Waals surface area contributed by atoms with Gasteiger partial charge in [0.25, 0.3) is 0 Å². The molecule has 2 heterocycles. The van der Waals surface area contributed by atoms with Gasteiger partial charge in [0.1, 0.15) is 17.2 Å². The van der Waals surface area contributed by atoms with E-state index in [9.17, 15) is 0 Å². The number of nitrogens with zero attached hydrogens (tertiary/aromatic N) is 4. The predicted octanol–water partition coefficient (Wildman–Crippen LogP) is 1.85. The van der Waals surface area contributed by atoms with E-state index in [0.29, 0.717) is 0 Å². The van der Waals surface area contributed by atoms with E-state index in [-0.39, 0.29) is 0 Å². The van der Waals surface area contributed by atoms with Crippen LogP contribution in [0.4, 0.5) is 5.82 Å². The lowest BCUT2D eigenvalue weighted by Gasteiger charge is -2.04. The highest BCUT2D eigenvalue weighted by atomic mass is 32.2. The molecular formula is C11H15N5S. The molecular weight excluding hydrogens is 234 g/mol. The van der Waals surface area contributed by atoms with Crippen LogP contribution in [0.1, 0.15) is 11.3 Å². The van der Waals surface area contributed by atoms with Gasteiger partial charge in [-0.05, 0) is 13.2 Å². The molecule has 1 N–H and O–H groups in total. The van der Waals surface area contributed by atoms with Crippen molar-refractivity contribution in [2.45, 2.75) is 18.5 Å². The Balaban J connectivity index is 2.04. The molecule has 5 nitrogen and oxygen atoms in total. The monoisotopic (exact) mass is 249 g/mol. The van der Waals surface area contributed by atoms with Crippen LogP contribution in [0.25, 0.3) is 0 Å². The second kappa shape index (κ2) is 5.18. The first-order valence-electron chi connectivity index (χ1n) is 5.28. The largest absolute Gasteiger partial charge is 0.366 e. The lowest BCUT2D eigenvalue weighted by atomic mass is 10.2. The van der Waals surface area contributed by atoms with Crippen molar-refractivity contribution >= 4 is 17.6 Å². The van der Waals surface area contributed by atoms with Crippen molar-refractivity contribution in [1.82, 2.24) is 19.7 Å². The zero-order valence-corrected chi connectivity index (χ0v) is 11.0. The summed E-state index contributed by atoms with van der Waals surface area (Å²) in [6.07, 6.45) is 5.58. The maximum absolute atomic E-state index is 4.30. The van der Waals surface area contributed by atoms with E-state index < -0.39 is 0 Å². The van der Waals surface area contributed by atoms with Gasteiger partial charge < -0.3 is 5.32 Å². The third-order valence-corrected chi connectivity index (χ3v) is 3.07. The number of aryl methyl sites for hydroxylation is 2. The Kier molecular flexibility index (Phi) is 3.63. The highest BCUT2D eigenvalue weighted by molar-refractivity contribution is 7.98. The molecule has 17 heavy (non-hydrogen) atoms. The molecule has 0 radical (unpaired) electrons. The van der Waals surface area contributed by atoms with Crippen LogP contribution in [0.2, 0.25) is 0 Å². The van der Waals surface area contributed by atoms with E-state index in [1.165, 1.54) is 5.56 Å². The second-order valence-electron chi connectivity index (χ2n) is 3.71. The van der Waals surface area contributed by atoms with Gasteiger partial charge in [0, 0.05) is 31.4 Å². The van der Waals surface area contributed by atoms with Gasteiger partial charge in [-0.3, -0.25) is 4.68 Å². The lowest BCUT2D eigenvalue weighted by Crippen LogP contribution is -2.02. The molecule has 90 valence electrons. The van der Waals surface area contributed by atoms with E-state index in [1.807, 2.05) is 37.2 Å². The fraction of sp³-hybridized carbons (Fsp3) is 0.364. The summed E-state index contributed by atoms with van der Waals surface area (Å²) in [5, 5.41) is 8.53. The summed E-state index contributed by atoms with van der Waals surface area (Å²) in [7, 11) is 1.92. The summed E-state index contributed by atoms with van der Waals surface area (Å²) >= 11 is 1.60. The fourth-order valence-electron chi connectivity index (χ4n) is 1.56. The Bertz CT molecular complexity index is 508. The third kappa shape index (κ3) is 2.97. The number of thioether (sulfide) groups is 1. The van der Waals surface area contributed by atoms with Crippen LogP contribution >= 0.6 is 11.8 Å². The van der Waals surface area contributed by atoms with Gasteiger partial charge in [0.05, 0.1) is 5.69 Å². The van der Waals surface area contributed by atoms with Crippen molar-refractivity contribution in [2.24, 2.45) is 7.05 Å². The SMILES string of the molecule is CSc1cc(NCc2cn(C)nc2C)ncn1. The van der Waals surface area contributed by atoms with Crippen LogP contribution in [0.3, 0.4) is 0 Å². The highest BCUT2D eigenvalue weighted by Gasteiger charge is 2.03. The van der Waals surface area contributed by atoms with E-state index in [1.54, 1.807) is 18.1 Å². The van der Waals surface area contributed by atoms with Gasteiger partial charge >= 0.3 is 0 Å². The zero-order chi connectivity index (χ0) is 12.3. The average Bonchev–Trinajstić information content (AvgIpc) is 2.65. The van der Waals surface area contributed by atoms with Gasteiger partial charge in [0.15, 0.2) is 0 Å². The first kappa shape index (κ1) is 11.9. The first-order valence-corrected chi connectivity index (χ1v) is 6.50. The molecule has 6 heteroatoms. The molecule has 0 saturated carbocycles. The second-order valence-corrected chi connectivity index (χ2v) is 4.54. The molecule has 0 spiro atoms. The minimum atomic E-state index is 0.727. The molecule has 0 fully saturated rings. The highest BCUT2D eigenvalue weighted by Crippen LogP contribution is 2.14. The number of anilines is 1. The Labute approximate surface area is 105 Å². The molecule has 2 aromatic heterocycles. The summed E-state index contributed by atoms with van der Waals surface area (Å²) in [5.74, 6) is 0.840. The number of nitrogens with one attached hydrogen (secondary N) is 1.